The molecule has 0 spiro atoms. The summed E-state index contributed by atoms with van der Waals surface area (Å²) < 4.78 is 88.5. The Morgan fingerprint density at radius 3 is 1.42 bits per heavy atom. The SMILES string of the molecule is C.C#C.C#CC.C=CCCCCO.C=COC(=O)CCC.CC#CC.CC=O.CCCC(=O)O[C@@H]1CCO[C@H](C)C1.COc1ccc(CN)c(OC)c1.COc1ccc(CN[C@@H]2CCO[C@H](C)C2)c(OC)c1.C[C@@H]1CC(=O)CCO1.C[C@@H]1C[C@H](O)CCO1.C[C@H]1C[C@@H](O)CCO1.O=S(=O)(O)O.P.[B].[H-].[Li+].[Li+].[OH-]. The molecule has 0 bridgehead atoms. The number of allylic oxidation sites excluding steroid dienone is 1. The molecular formula is C76H137BLi2N2O23PS. The van der Waals surface area contributed by atoms with Crippen molar-refractivity contribution in [2.75, 3.05) is 68.1 Å². The van der Waals surface area contributed by atoms with E-state index in [1.807, 2.05) is 97.9 Å². The summed E-state index contributed by atoms with van der Waals surface area (Å²) in [7, 11) is 1.93. The minimum atomic E-state index is -4.67. The van der Waals surface area contributed by atoms with Gasteiger partial charge in [0.25, 0.3) is 0 Å². The first-order valence-electron chi connectivity index (χ1n) is 33.8. The number of benzene rings is 2. The summed E-state index contributed by atoms with van der Waals surface area (Å²) in [5.74, 6) is 10.9. The largest absolute Gasteiger partial charge is 1.00 e. The number of aliphatic hydroxyl groups is 3. The molecule has 0 aliphatic carbocycles. The van der Waals surface area contributed by atoms with Crippen LogP contribution in [0.5, 0.6) is 23.0 Å². The Hall–Kier alpha value is -4.80. The zero-order chi connectivity index (χ0) is 77.5. The van der Waals surface area contributed by atoms with Crippen LogP contribution in [-0.2, 0) is 75.8 Å². The zero-order valence-corrected chi connectivity index (χ0v) is 68.8. The molecule has 9 N–H and O–H groups in total. The molecule has 0 amide bonds. The van der Waals surface area contributed by atoms with Crippen LogP contribution in [0.4, 0.5) is 0 Å². The van der Waals surface area contributed by atoms with E-state index in [4.69, 9.17) is 90.7 Å². The Morgan fingerprint density at radius 2 is 1.09 bits per heavy atom. The molecule has 2 aromatic carbocycles. The van der Waals surface area contributed by atoms with Crippen molar-refractivity contribution in [3.8, 4) is 60.0 Å². The topological polar surface area (TPSA) is 373 Å². The number of aliphatic hydroxyl groups excluding tert-OH is 3. The van der Waals surface area contributed by atoms with Crippen LogP contribution in [0.3, 0.4) is 0 Å². The zero-order valence-electron chi connectivity index (χ0n) is 67.6. The number of nitrogens with one attached hydrogen (secondary N) is 1. The molecule has 5 aliphatic heterocycles. The smallest absolute Gasteiger partial charge is 1.00 e. The molecule has 1 unspecified atom stereocenters. The van der Waals surface area contributed by atoms with Crippen LogP contribution in [0.15, 0.2) is 61.9 Å². The van der Waals surface area contributed by atoms with Crippen molar-refractivity contribution in [3.63, 3.8) is 0 Å². The van der Waals surface area contributed by atoms with E-state index in [1.165, 1.54) is 6.92 Å². The summed E-state index contributed by atoms with van der Waals surface area (Å²) in [4.78, 5) is 40.9. The quantitative estimate of drug-likeness (QED) is 0.0107. The monoisotopic (exact) mass is 1530 g/mol. The number of nitrogens with two attached hydrogens (primary N) is 1. The number of ether oxygens (including phenoxy) is 11. The summed E-state index contributed by atoms with van der Waals surface area (Å²) in [5.41, 5.74) is 7.64. The third kappa shape index (κ3) is 88.1. The first kappa shape index (κ1) is 128. The number of terminal acetylenes is 2. The number of ketones is 1. The number of hydrogen-bond acceptors (Lipinski definition) is 23. The molecule has 5 fully saturated rings. The van der Waals surface area contributed by atoms with Gasteiger partial charge in [-0.15, -0.1) is 43.6 Å². The van der Waals surface area contributed by atoms with E-state index in [-0.39, 0.29) is 125 Å². The first-order valence-corrected chi connectivity index (χ1v) is 35.2. The molecule has 2 aromatic rings. The van der Waals surface area contributed by atoms with Gasteiger partial charge in [0.05, 0.1) is 90.6 Å². The van der Waals surface area contributed by atoms with Crippen molar-refractivity contribution in [1.29, 1.82) is 0 Å². The molecule has 25 nitrogen and oxygen atoms in total. The first-order chi connectivity index (χ1) is 47.6. The molecule has 5 aliphatic rings. The number of unbranched alkanes of at least 4 members (excludes halogenated alkanes) is 2. The van der Waals surface area contributed by atoms with Crippen molar-refractivity contribution in [2.24, 2.45) is 5.73 Å². The summed E-state index contributed by atoms with van der Waals surface area (Å²) in [5, 5.41) is 29.8. The molecule has 30 heteroatoms. The summed E-state index contributed by atoms with van der Waals surface area (Å²) in [6, 6.07) is 12.0. The van der Waals surface area contributed by atoms with E-state index in [0.717, 1.165) is 157 Å². The van der Waals surface area contributed by atoms with Crippen LogP contribution in [-0.4, -0.2) is 194 Å². The van der Waals surface area contributed by atoms with Crippen molar-refractivity contribution in [1.82, 2.24) is 5.32 Å². The van der Waals surface area contributed by atoms with E-state index in [0.29, 0.717) is 70.0 Å². The fraction of sp³-hybridized carbons (Fsp3) is 0.658. The molecular weight excluding hydrogens is 1400 g/mol. The Balaban J connectivity index is -0.0000000839. The Labute approximate surface area is 670 Å². The van der Waals surface area contributed by atoms with Gasteiger partial charge in [-0.2, -0.15) is 18.3 Å². The normalized spacial score (nSPS) is 19.1. The molecule has 10 atom stereocenters. The average Bonchev–Trinajstić information content (AvgIpc) is 0.868. The van der Waals surface area contributed by atoms with Gasteiger partial charge in [0.15, 0.2) is 0 Å². The fourth-order valence-corrected chi connectivity index (χ4v) is 8.53. The van der Waals surface area contributed by atoms with E-state index >= 15 is 0 Å². The van der Waals surface area contributed by atoms with Crippen LogP contribution in [0.2, 0.25) is 0 Å². The summed E-state index contributed by atoms with van der Waals surface area (Å²) in [6.07, 6.45) is 31.5. The average molecular weight is 1530 g/mol. The molecule has 0 aromatic heterocycles. The number of carbonyl (C=O) groups is 4. The van der Waals surface area contributed by atoms with E-state index in [1.54, 1.807) is 35.4 Å². The van der Waals surface area contributed by atoms with Gasteiger partial charge >= 0.3 is 60.1 Å². The number of esters is 2. The molecule has 5 saturated heterocycles. The number of hydrogen-bond donors (Lipinski definition) is 7. The predicted octanol–water partition coefficient (Wildman–Crippen LogP) is 5.80. The number of Topliss-reactive ketones (excluding diaryl/α,β-unsaturated/α-hetero) is 1. The van der Waals surface area contributed by atoms with Gasteiger partial charge in [0, 0.05) is 116 Å². The van der Waals surface area contributed by atoms with E-state index < -0.39 is 10.4 Å². The van der Waals surface area contributed by atoms with Crippen molar-refractivity contribution in [3.05, 3.63) is 73.0 Å². The second-order valence-electron chi connectivity index (χ2n) is 22.2. The molecule has 106 heavy (non-hydrogen) atoms. The van der Waals surface area contributed by atoms with Crippen LogP contribution < -0.4 is 67.7 Å². The maximum absolute atomic E-state index is 11.2. The van der Waals surface area contributed by atoms with Crippen LogP contribution in [0.25, 0.3) is 0 Å². The number of rotatable bonds is 18. The second kappa shape index (κ2) is 90.8. The molecule has 3 radical (unpaired) electrons. The Morgan fingerprint density at radius 1 is 0.698 bits per heavy atom. The van der Waals surface area contributed by atoms with Gasteiger partial charge in [-0.3, -0.25) is 23.5 Å². The predicted molar refractivity (Wildman–Crippen MR) is 421 cm³/mol. The second-order valence-corrected chi connectivity index (χ2v) is 23.1. The van der Waals surface area contributed by atoms with Crippen LogP contribution in [0, 0.1) is 37.0 Å². The molecule has 7 rings (SSSR count). The standard InChI is InChI=1S/C15H23NO3.C10H18O3.C9H13NO2.2C6H12O2.2C6H10O2.C6H12O.C4H6.C3H4.C2H4O.C2H2.CH4.B.2Li.H2O4S.H2O.H3P.H/c1-11-8-13(6-7-19-11)16-10-12-4-5-14(17-2)9-15(12)18-3;1-3-4-10(11)13-9-5-6-12-8(2)7-9;1-11-8-4-3-7(6-10)9(5-8)12-2;3*1-5-4-6(7)2-3-8-5;1-3-5-6(7)8-4-2;1-2-3-4-5-6-7;1-3-4-2;1-3-2;1-2-3;1-2;;;;;1-5(2,3)4;;;/h4-5,9,11,13,16H,6-8,10H2,1-3H3;8-9H,3-7H2,1-2H3;3-5H,6,10H2,1-2H3;2*5-7H,2-4H2,1H3;5H,2-4H2,1H3;4H,2-3,5H2,1H3;2,7H,1,3-6H2;1-2H3;1H,2H3;2H,1H3;1-2H;1H4;;;;(H2,1,2,3,4);1H2;1H3;/q;;;;;;;;;;;;;;2*+1;;;;-1/p-1/t11-,13-;8-,9-;;2*5-,6-;5-;;;;;;;;;;;;;;/m11.101............../s1. The van der Waals surface area contributed by atoms with E-state index in [2.05, 4.69) is 67.2 Å². The fourth-order valence-electron chi connectivity index (χ4n) is 8.53. The summed E-state index contributed by atoms with van der Waals surface area (Å²) in [6.45, 7) is 32.7. The van der Waals surface area contributed by atoms with Gasteiger partial charge in [-0.05, 0) is 145 Å². The van der Waals surface area contributed by atoms with Gasteiger partial charge in [0.1, 0.15) is 41.2 Å². The summed E-state index contributed by atoms with van der Waals surface area (Å²) >= 11 is 0. The number of aldehydes is 1. The maximum Gasteiger partial charge on any atom is 1.00 e. The van der Waals surface area contributed by atoms with Gasteiger partial charge < -0.3 is 90.2 Å². The molecule has 5 heterocycles. The number of carbonyl (C=O) groups excluding carboxylic acids is 4. The van der Waals surface area contributed by atoms with Crippen LogP contribution in [0.1, 0.15) is 205 Å². The minimum absolute atomic E-state index is 0. The molecule has 605 valence electrons. The van der Waals surface area contributed by atoms with Crippen molar-refractivity contribution >= 4 is 52.7 Å². The van der Waals surface area contributed by atoms with Crippen molar-refractivity contribution < 1.29 is 149 Å². The van der Waals surface area contributed by atoms with Gasteiger partial charge in [-0.25, -0.2) is 0 Å². The van der Waals surface area contributed by atoms with Crippen LogP contribution >= 0.6 is 9.90 Å². The third-order valence-corrected chi connectivity index (χ3v) is 13.4. The Kier molecular flexibility index (Phi) is 109. The maximum atomic E-state index is 11.2. The molecule has 0 saturated carbocycles. The van der Waals surface area contributed by atoms with Crippen molar-refractivity contribution in [2.45, 2.75) is 261 Å². The van der Waals surface area contributed by atoms with E-state index in [9.17, 15) is 14.4 Å². The minimum Gasteiger partial charge on any atom is -1.00 e. The Bertz CT molecular complexity index is 2560. The third-order valence-electron chi connectivity index (χ3n) is 13.4. The van der Waals surface area contributed by atoms with Gasteiger partial charge in [-0.1, -0.05) is 46.1 Å². The van der Waals surface area contributed by atoms with Gasteiger partial charge in [0.2, 0.25) is 0 Å². The number of methoxy groups -OCH3 is 4.